The minimum atomic E-state index is -0.640. The molecule has 0 unspecified atom stereocenters. The minimum Gasteiger partial charge on any atom is -0.493 e. The number of hydrogen-bond acceptors (Lipinski definition) is 7. The number of carbonyl (C=O) groups excluding carboxylic acids is 2. The first kappa shape index (κ1) is 20.1. The van der Waals surface area contributed by atoms with Crippen LogP contribution in [-0.2, 0) is 14.3 Å². The maximum atomic E-state index is 12.0. The molecule has 8 nitrogen and oxygen atoms in total. The molecule has 152 valence electrons. The van der Waals surface area contributed by atoms with Crippen LogP contribution in [0.3, 0.4) is 0 Å². The first-order chi connectivity index (χ1) is 14.1. The SMILES string of the molecule is CCOc1ccc(/C=C/C(=O)OCC(=O)Nc2ccc3c(c2)OCO3)cc1OC. The molecule has 0 spiro atoms. The Morgan fingerprint density at radius 2 is 1.93 bits per heavy atom. The molecule has 1 heterocycles. The first-order valence-corrected chi connectivity index (χ1v) is 8.94. The Kier molecular flexibility index (Phi) is 6.57. The molecule has 1 amide bonds. The van der Waals surface area contributed by atoms with Gasteiger partial charge in [0.2, 0.25) is 6.79 Å². The van der Waals surface area contributed by atoms with Crippen LogP contribution in [0, 0.1) is 0 Å². The fraction of sp³-hybridized carbons (Fsp3) is 0.238. The van der Waals surface area contributed by atoms with Gasteiger partial charge in [-0.1, -0.05) is 6.07 Å². The zero-order valence-electron chi connectivity index (χ0n) is 16.1. The molecule has 0 aromatic heterocycles. The lowest BCUT2D eigenvalue weighted by Crippen LogP contribution is -2.20. The summed E-state index contributed by atoms with van der Waals surface area (Å²) >= 11 is 0. The van der Waals surface area contributed by atoms with Crippen LogP contribution in [0.15, 0.2) is 42.5 Å². The van der Waals surface area contributed by atoms with Crippen LogP contribution in [0.4, 0.5) is 5.69 Å². The lowest BCUT2D eigenvalue weighted by atomic mass is 10.2. The third-order valence-corrected chi connectivity index (χ3v) is 3.90. The van der Waals surface area contributed by atoms with Gasteiger partial charge in [0, 0.05) is 17.8 Å². The minimum absolute atomic E-state index is 0.150. The standard InChI is InChI=1S/C21H21NO7/c1-3-26-16-7-4-14(10-18(16)25-2)5-9-21(24)27-12-20(23)22-15-6-8-17-19(11-15)29-13-28-17/h4-11H,3,12-13H2,1-2H3,(H,22,23)/b9-5+. The lowest BCUT2D eigenvalue weighted by Gasteiger charge is -2.09. The number of esters is 1. The van der Waals surface area contributed by atoms with Gasteiger partial charge in [-0.3, -0.25) is 4.79 Å². The summed E-state index contributed by atoms with van der Waals surface area (Å²) in [5, 5.41) is 2.63. The molecule has 0 saturated heterocycles. The number of anilines is 1. The smallest absolute Gasteiger partial charge is 0.331 e. The Labute approximate surface area is 168 Å². The van der Waals surface area contributed by atoms with E-state index in [1.54, 1.807) is 49.6 Å². The molecule has 1 aliphatic rings. The molecule has 1 N–H and O–H groups in total. The second kappa shape index (κ2) is 9.50. The molecule has 2 aromatic carbocycles. The second-order valence-corrected chi connectivity index (χ2v) is 5.90. The number of rotatable bonds is 8. The number of ether oxygens (including phenoxy) is 5. The van der Waals surface area contributed by atoms with Crippen LogP contribution in [0.2, 0.25) is 0 Å². The molecule has 3 rings (SSSR count). The van der Waals surface area contributed by atoms with Crippen molar-refractivity contribution in [3.05, 3.63) is 48.0 Å². The molecule has 29 heavy (non-hydrogen) atoms. The van der Waals surface area contributed by atoms with Gasteiger partial charge in [0.05, 0.1) is 13.7 Å². The summed E-state index contributed by atoms with van der Waals surface area (Å²) < 4.78 is 26.1. The van der Waals surface area contributed by atoms with Crippen LogP contribution in [0.5, 0.6) is 23.0 Å². The first-order valence-electron chi connectivity index (χ1n) is 8.94. The molecular formula is C21H21NO7. The van der Waals surface area contributed by atoms with Gasteiger partial charge in [0.15, 0.2) is 29.6 Å². The van der Waals surface area contributed by atoms with Gasteiger partial charge in [-0.25, -0.2) is 4.79 Å². The summed E-state index contributed by atoms with van der Waals surface area (Å²) in [6.45, 7) is 2.14. The topological polar surface area (TPSA) is 92.3 Å². The number of hydrogen-bond donors (Lipinski definition) is 1. The summed E-state index contributed by atoms with van der Waals surface area (Å²) in [5.41, 5.74) is 1.25. The molecular weight excluding hydrogens is 378 g/mol. The number of nitrogens with one attached hydrogen (secondary N) is 1. The summed E-state index contributed by atoms with van der Waals surface area (Å²) in [6.07, 6.45) is 2.80. The van der Waals surface area contributed by atoms with Crippen LogP contribution in [-0.4, -0.2) is 39.0 Å². The Balaban J connectivity index is 1.49. The zero-order chi connectivity index (χ0) is 20.6. The van der Waals surface area contributed by atoms with Crippen LogP contribution in [0.1, 0.15) is 12.5 Å². The third-order valence-electron chi connectivity index (χ3n) is 3.90. The Morgan fingerprint density at radius 3 is 2.72 bits per heavy atom. The van der Waals surface area contributed by atoms with Gasteiger partial charge in [0.1, 0.15) is 0 Å². The van der Waals surface area contributed by atoms with Crippen molar-refractivity contribution in [2.24, 2.45) is 0 Å². The van der Waals surface area contributed by atoms with Crippen LogP contribution < -0.4 is 24.3 Å². The van der Waals surface area contributed by atoms with Gasteiger partial charge in [0.25, 0.3) is 5.91 Å². The lowest BCUT2D eigenvalue weighted by molar-refractivity contribution is -0.142. The normalized spacial score (nSPS) is 11.9. The molecule has 0 radical (unpaired) electrons. The Bertz CT molecular complexity index is 923. The summed E-state index contributed by atoms with van der Waals surface area (Å²) in [5.74, 6) is 1.24. The van der Waals surface area contributed by atoms with Crippen molar-refractivity contribution in [2.75, 3.05) is 32.4 Å². The van der Waals surface area contributed by atoms with Gasteiger partial charge in [-0.15, -0.1) is 0 Å². The molecule has 2 aromatic rings. The van der Waals surface area contributed by atoms with Gasteiger partial charge in [-0.2, -0.15) is 0 Å². The van der Waals surface area contributed by atoms with Crippen molar-refractivity contribution < 1.29 is 33.3 Å². The highest BCUT2D eigenvalue weighted by molar-refractivity contribution is 5.94. The van der Waals surface area contributed by atoms with Crippen molar-refractivity contribution in [1.82, 2.24) is 0 Å². The van der Waals surface area contributed by atoms with Crippen molar-refractivity contribution >= 4 is 23.6 Å². The summed E-state index contributed by atoms with van der Waals surface area (Å²) in [4.78, 5) is 23.8. The zero-order valence-corrected chi connectivity index (χ0v) is 16.1. The fourth-order valence-electron chi connectivity index (χ4n) is 2.58. The number of carbonyl (C=O) groups is 2. The van der Waals surface area contributed by atoms with E-state index >= 15 is 0 Å². The van der Waals surface area contributed by atoms with Crippen LogP contribution >= 0.6 is 0 Å². The average molecular weight is 399 g/mol. The molecule has 0 aliphatic carbocycles. The average Bonchev–Trinajstić information content (AvgIpc) is 3.19. The van der Waals surface area contributed by atoms with Crippen LogP contribution in [0.25, 0.3) is 6.08 Å². The van der Waals surface area contributed by atoms with Crippen molar-refractivity contribution in [2.45, 2.75) is 6.92 Å². The maximum absolute atomic E-state index is 12.0. The monoisotopic (exact) mass is 399 g/mol. The van der Waals surface area contributed by atoms with E-state index < -0.39 is 18.5 Å². The molecule has 0 saturated carbocycles. The van der Waals surface area contributed by atoms with E-state index in [4.69, 9.17) is 23.7 Å². The molecule has 0 fully saturated rings. The van der Waals surface area contributed by atoms with E-state index in [-0.39, 0.29) is 6.79 Å². The summed E-state index contributed by atoms with van der Waals surface area (Å²) in [7, 11) is 1.54. The maximum Gasteiger partial charge on any atom is 0.331 e. The van der Waals surface area contributed by atoms with E-state index in [0.717, 1.165) is 5.56 Å². The largest absolute Gasteiger partial charge is 0.493 e. The highest BCUT2D eigenvalue weighted by Crippen LogP contribution is 2.34. The highest BCUT2D eigenvalue weighted by Gasteiger charge is 2.14. The van der Waals surface area contributed by atoms with Gasteiger partial charge in [-0.05, 0) is 42.8 Å². The highest BCUT2D eigenvalue weighted by atomic mass is 16.7. The second-order valence-electron chi connectivity index (χ2n) is 5.90. The number of fused-ring (bicyclic) bond motifs is 1. The van der Waals surface area contributed by atoms with E-state index in [9.17, 15) is 9.59 Å². The predicted molar refractivity (Wildman–Crippen MR) is 105 cm³/mol. The van der Waals surface area contributed by atoms with E-state index in [0.29, 0.717) is 35.3 Å². The molecule has 0 atom stereocenters. The molecule has 0 bridgehead atoms. The summed E-state index contributed by atoms with van der Waals surface area (Å²) in [6, 6.07) is 10.3. The van der Waals surface area contributed by atoms with Crippen molar-refractivity contribution in [1.29, 1.82) is 0 Å². The van der Waals surface area contributed by atoms with Crippen molar-refractivity contribution in [3.63, 3.8) is 0 Å². The Morgan fingerprint density at radius 1 is 1.10 bits per heavy atom. The Hall–Kier alpha value is -3.68. The predicted octanol–water partition coefficient (Wildman–Crippen LogP) is 3.02. The van der Waals surface area contributed by atoms with E-state index in [1.807, 2.05) is 6.92 Å². The number of amides is 1. The quantitative estimate of drug-likeness (QED) is 0.539. The number of methoxy groups -OCH3 is 1. The third kappa shape index (κ3) is 5.41. The molecule has 1 aliphatic heterocycles. The fourth-order valence-corrected chi connectivity index (χ4v) is 2.58. The van der Waals surface area contributed by atoms with Gasteiger partial charge < -0.3 is 29.0 Å². The molecule has 8 heteroatoms. The van der Waals surface area contributed by atoms with Gasteiger partial charge >= 0.3 is 5.97 Å². The number of benzene rings is 2. The van der Waals surface area contributed by atoms with E-state index in [1.165, 1.54) is 6.08 Å². The van der Waals surface area contributed by atoms with Crippen molar-refractivity contribution in [3.8, 4) is 23.0 Å². The van der Waals surface area contributed by atoms with E-state index in [2.05, 4.69) is 5.32 Å².